The van der Waals surface area contributed by atoms with E-state index in [-0.39, 0.29) is 0 Å². The van der Waals surface area contributed by atoms with Gasteiger partial charge in [-0.05, 0) is 11.6 Å². The molecule has 0 atom stereocenters. The van der Waals surface area contributed by atoms with Crippen molar-refractivity contribution in [3.63, 3.8) is 0 Å². The number of hydrogen-bond acceptors (Lipinski definition) is 4. The summed E-state index contributed by atoms with van der Waals surface area (Å²) in [6.45, 7) is 0. The molecule has 0 saturated carbocycles. The van der Waals surface area contributed by atoms with E-state index in [0.717, 1.165) is 11.1 Å². The number of H-pyrrole nitrogens is 1. The highest BCUT2D eigenvalue weighted by molar-refractivity contribution is 5.54. The van der Waals surface area contributed by atoms with E-state index >= 15 is 0 Å². The Kier molecular flexibility index (Phi) is 2.83. The van der Waals surface area contributed by atoms with Crippen molar-refractivity contribution in [2.45, 2.75) is 6.42 Å². The van der Waals surface area contributed by atoms with Crippen LogP contribution in [0.15, 0.2) is 47.1 Å². The number of rotatable bonds is 3. The molecule has 0 radical (unpaired) electrons. The highest BCUT2D eigenvalue weighted by Crippen LogP contribution is 2.18. The summed E-state index contributed by atoms with van der Waals surface area (Å²) in [7, 11) is 0. The van der Waals surface area contributed by atoms with Crippen molar-refractivity contribution < 1.29 is 4.52 Å². The maximum absolute atomic E-state index is 8.75. The molecule has 0 saturated heterocycles. The summed E-state index contributed by atoms with van der Waals surface area (Å²) in [5.41, 5.74) is 2.32. The minimum Gasteiger partial charge on any atom is -0.352 e. The summed E-state index contributed by atoms with van der Waals surface area (Å²) < 4.78 is 5.19. The summed E-state index contributed by atoms with van der Waals surface area (Å²) in [5.74, 6) is 1.05. The van der Waals surface area contributed by atoms with E-state index in [9.17, 15) is 0 Å². The van der Waals surface area contributed by atoms with Crippen LogP contribution in [-0.2, 0) is 6.42 Å². The molecule has 0 bridgehead atoms. The van der Waals surface area contributed by atoms with Crippen molar-refractivity contribution in [3.8, 4) is 17.5 Å². The molecular formula is C14H10N4O. The number of aromatic amines is 1. The van der Waals surface area contributed by atoms with Crippen LogP contribution in [-0.4, -0.2) is 15.1 Å². The van der Waals surface area contributed by atoms with Crippen LogP contribution >= 0.6 is 0 Å². The summed E-state index contributed by atoms with van der Waals surface area (Å²) >= 11 is 0. The highest BCUT2D eigenvalue weighted by atomic mass is 16.5. The molecule has 0 spiro atoms. The van der Waals surface area contributed by atoms with Gasteiger partial charge in [-0.2, -0.15) is 10.2 Å². The lowest BCUT2D eigenvalue weighted by atomic mass is 10.1. The van der Waals surface area contributed by atoms with E-state index in [1.165, 1.54) is 0 Å². The topological polar surface area (TPSA) is 78.5 Å². The Morgan fingerprint density at radius 1 is 1.26 bits per heavy atom. The van der Waals surface area contributed by atoms with E-state index in [0.29, 0.717) is 23.8 Å². The van der Waals surface area contributed by atoms with Crippen molar-refractivity contribution in [1.29, 1.82) is 5.26 Å². The van der Waals surface area contributed by atoms with Crippen LogP contribution in [0.2, 0.25) is 0 Å². The number of nitrogens with one attached hydrogen (secondary N) is 1. The lowest BCUT2D eigenvalue weighted by Crippen LogP contribution is -1.89. The lowest BCUT2D eigenvalue weighted by Gasteiger charge is -1.93. The van der Waals surface area contributed by atoms with E-state index in [2.05, 4.69) is 15.1 Å². The van der Waals surface area contributed by atoms with E-state index < -0.39 is 0 Å². The molecule has 0 fully saturated rings. The van der Waals surface area contributed by atoms with Crippen LogP contribution in [0.25, 0.3) is 11.5 Å². The van der Waals surface area contributed by atoms with Crippen molar-refractivity contribution in [2.75, 3.05) is 0 Å². The molecule has 0 amide bonds. The third kappa shape index (κ3) is 2.38. The second kappa shape index (κ2) is 4.78. The zero-order valence-electron chi connectivity index (χ0n) is 10.00. The second-order valence-electron chi connectivity index (χ2n) is 4.09. The van der Waals surface area contributed by atoms with Gasteiger partial charge in [-0.25, -0.2) is 0 Å². The zero-order chi connectivity index (χ0) is 13.1. The molecule has 0 aliphatic carbocycles. The quantitative estimate of drug-likeness (QED) is 0.774. The van der Waals surface area contributed by atoms with Gasteiger partial charge in [0, 0.05) is 12.6 Å². The lowest BCUT2D eigenvalue weighted by molar-refractivity contribution is 0.424. The third-order valence-electron chi connectivity index (χ3n) is 2.72. The number of hydrogen-bond donors (Lipinski definition) is 1. The monoisotopic (exact) mass is 250 g/mol. The molecule has 0 unspecified atom stereocenters. The van der Waals surface area contributed by atoms with Gasteiger partial charge in [-0.3, -0.25) is 0 Å². The molecule has 3 rings (SSSR count). The van der Waals surface area contributed by atoms with Gasteiger partial charge in [-0.1, -0.05) is 35.5 Å². The Morgan fingerprint density at radius 3 is 2.84 bits per heavy atom. The van der Waals surface area contributed by atoms with Crippen LogP contribution in [0, 0.1) is 11.3 Å². The minimum absolute atomic E-state index is 0.420. The molecular weight excluding hydrogens is 240 g/mol. The van der Waals surface area contributed by atoms with E-state index in [1.807, 2.05) is 36.4 Å². The average Bonchev–Trinajstić information content (AvgIpc) is 3.08. The van der Waals surface area contributed by atoms with Crippen LogP contribution in [0.5, 0.6) is 0 Å². The summed E-state index contributed by atoms with van der Waals surface area (Å²) in [5, 5.41) is 12.7. The molecule has 19 heavy (non-hydrogen) atoms. The van der Waals surface area contributed by atoms with Crippen LogP contribution in [0.4, 0.5) is 0 Å². The third-order valence-corrected chi connectivity index (χ3v) is 2.72. The number of aromatic nitrogens is 3. The first-order chi connectivity index (χ1) is 9.35. The van der Waals surface area contributed by atoms with Gasteiger partial charge in [0.25, 0.3) is 5.89 Å². The SMILES string of the molecule is N#Cc1cc(-c2nc(Cc3ccccc3)no2)c[nH]1. The molecule has 5 heteroatoms. The molecule has 2 heterocycles. The molecule has 2 aromatic heterocycles. The van der Waals surface area contributed by atoms with Gasteiger partial charge in [0.05, 0.1) is 5.56 Å². The van der Waals surface area contributed by atoms with Crippen LogP contribution in [0.1, 0.15) is 17.1 Å². The van der Waals surface area contributed by atoms with Crippen LogP contribution < -0.4 is 0 Å². The van der Waals surface area contributed by atoms with Crippen LogP contribution in [0.3, 0.4) is 0 Å². The smallest absolute Gasteiger partial charge is 0.259 e. The molecule has 92 valence electrons. The largest absolute Gasteiger partial charge is 0.352 e. The Labute approximate surface area is 109 Å². The normalized spacial score (nSPS) is 10.3. The minimum atomic E-state index is 0.420. The van der Waals surface area contributed by atoms with E-state index in [4.69, 9.17) is 9.78 Å². The van der Waals surface area contributed by atoms with Crippen molar-refractivity contribution in [3.05, 3.63) is 59.7 Å². The fourth-order valence-corrected chi connectivity index (χ4v) is 1.80. The Bertz CT molecular complexity index is 721. The van der Waals surface area contributed by atoms with Crippen molar-refractivity contribution in [1.82, 2.24) is 15.1 Å². The zero-order valence-corrected chi connectivity index (χ0v) is 10.00. The molecule has 5 nitrogen and oxygen atoms in total. The number of nitriles is 1. The highest BCUT2D eigenvalue weighted by Gasteiger charge is 2.10. The van der Waals surface area contributed by atoms with Crippen molar-refractivity contribution >= 4 is 0 Å². The molecule has 3 aromatic rings. The van der Waals surface area contributed by atoms with Gasteiger partial charge in [0.2, 0.25) is 0 Å². The van der Waals surface area contributed by atoms with E-state index in [1.54, 1.807) is 12.3 Å². The molecule has 1 N–H and O–H groups in total. The second-order valence-corrected chi connectivity index (χ2v) is 4.09. The maximum Gasteiger partial charge on any atom is 0.259 e. The average molecular weight is 250 g/mol. The molecule has 0 aliphatic rings. The predicted octanol–water partition coefficient (Wildman–Crippen LogP) is 2.53. The standard InChI is InChI=1S/C14H10N4O/c15-8-12-7-11(9-16-12)14-17-13(18-19-14)6-10-4-2-1-3-5-10/h1-5,7,9,16H,6H2. The van der Waals surface area contributed by atoms with Gasteiger partial charge < -0.3 is 9.51 Å². The first kappa shape index (κ1) is 11.2. The summed E-state index contributed by atoms with van der Waals surface area (Å²) in [6, 6.07) is 13.6. The van der Waals surface area contributed by atoms with Gasteiger partial charge in [-0.15, -0.1) is 0 Å². The number of benzene rings is 1. The molecule has 1 aromatic carbocycles. The van der Waals surface area contributed by atoms with Crippen molar-refractivity contribution in [2.24, 2.45) is 0 Å². The van der Waals surface area contributed by atoms with Gasteiger partial charge in [0.15, 0.2) is 5.82 Å². The van der Waals surface area contributed by atoms with Gasteiger partial charge in [0.1, 0.15) is 11.8 Å². The Hall–Kier alpha value is -2.87. The predicted molar refractivity (Wildman–Crippen MR) is 68.0 cm³/mol. The number of nitrogens with zero attached hydrogens (tertiary/aromatic N) is 3. The summed E-state index contributed by atoms with van der Waals surface area (Å²) in [6.07, 6.45) is 2.30. The summed E-state index contributed by atoms with van der Waals surface area (Å²) in [4.78, 5) is 7.14. The van der Waals surface area contributed by atoms with Gasteiger partial charge >= 0.3 is 0 Å². The Morgan fingerprint density at radius 2 is 2.11 bits per heavy atom. The Balaban J connectivity index is 1.82. The first-order valence-corrected chi connectivity index (χ1v) is 5.80. The molecule has 0 aliphatic heterocycles. The maximum atomic E-state index is 8.75. The fraction of sp³-hybridized carbons (Fsp3) is 0.0714. The first-order valence-electron chi connectivity index (χ1n) is 5.80. The fourth-order valence-electron chi connectivity index (χ4n) is 1.80.